The Balaban J connectivity index is 2.21. The van der Waals surface area contributed by atoms with Gasteiger partial charge in [-0.3, -0.25) is 9.59 Å². The molecule has 0 saturated heterocycles. The van der Waals surface area contributed by atoms with E-state index in [0.717, 1.165) is 5.56 Å². The summed E-state index contributed by atoms with van der Waals surface area (Å²) in [7, 11) is 0. The molecule has 2 rings (SSSR count). The van der Waals surface area contributed by atoms with Gasteiger partial charge in [-0.05, 0) is 24.1 Å². The summed E-state index contributed by atoms with van der Waals surface area (Å²) in [6.07, 6.45) is 0. The van der Waals surface area contributed by atoms with E-state index >= 15 is 0 Å². The second-order valence-electron chi connectivity index (χ2n) is 6.25. The molecular formula is C20H19Cl2N3O2. The predicted octanol–water partition coefficient (Wildman–Crippen LogP) is 4.05. The Labute approximate surface area is 168 Å². The first-order valence-electron chi connectivity index (χ1n) is 8.35. The van der Waals surface area contributed by atoms with E-state index in [1.165, 1.54) is 0 Å². The van der Waals surface area contributed by atoms with Gasteiger partial charge in [0, 0.05) is 26.7 Å². The molecule has 140 valence electrons. The van der Waals surface area contributed by atoms with Crippen molar-refractivity contribution in [3.63, 3.8) is 0 Å². The monoisotopic (exact) mass is 403 g/mol. The molecule has 0 spiro atoms. The van der Waals surface area contributed by atoms with Crippen molar-refractivity contribution in [2.75, 3.05) is 6.54 Å². The number of carbonyl (C=O) groups excluding carboxylic acids is 2. The predicted molar refractivity (Wildman–Crippen MR) is 107 cm³/mol. The van der Waals surface area contributed by atoms with Crippen LogP contribution in [0.3, 0.4) is 0 Å². The standard InChI is InChI=1S/C20H19Cl2N3O2/c1-12(2)18(20(27)24-10-9-23)25-19(26)13-7-8-15(17(22)11-13)14-5-3-4-6-16(14)21/h3-8,11-12,18H,10H2,1-2H3,(H,24,27)(H,25,26)/t18-/m0/s1. The van der Waals surface area contributed by atoms with Gasteiger partial charge in [0.25, 0.3) is 5.91 Å². The zero-order valence-corrected chi connectivity index (χ0v) is 16.4. The molecule has 5 nitrogen and oxygen atoms in total. The minimum Gasteiger partial charge on any atom is -0.341 e. The van der Waals surface area contributed by atoms with Crippen LogP contribution < -0.4 is 10.6 Å². The molecule has 0 fully saturated rings. The van der Waals surface area contributed by atoms with Gasteiger partial charge in [0.15, 0.2) is 0 Å². The third kappa shape index (κ3) is 5.22. The quantitative estimate of drug-likeness (QED) is 0.713. The van der Waals surface area contributed by atoms with Crippen LogP contribution in [0.5, 0.6) is 0 Å². The van der Waals surface area contributed by atoms with Crippen LogP contribution in [0.2, 0.25) is 10.0 Å². The first-order valence-corrected chi connectivity index (χ1v) is 9.10. The number of hydrogen-bond acceptors (Lipinski definition) is 3. The number of rotatable bonds is 6. The zero-order chi connectivity index (χ0) is 20.0. The van der Waals surface area contributed by atoms with Crippen molar-refractivity contribution in [1.82, 2.24) is 10.6 Å². The number of hydrogen-bond donors (Lipinski definition) is 2. The molecule has 0 aliphatic heterocycles. The van der Waals surface area contributed by atoms with Gasteiger partial charge in [0.1, 0.15) is 12.6 Å². The normalized spacial score (nSPS) is 11.6. The summed E-state index contributed by atoms with van der Waals surface area (Å²) in [6.45, 7) is 3.51. The maximum Gasteiger partial charge on any atom is 0.251 e. The molecule has 0 aromatic heterocycles. The number of amides is 2. The highest BCUT2D eigenvalue weighted by atomic mass is 35.5. The average Bonchev–Trinajstić information content (AvgIpc) is 2.64. The maximum absolute atomic E-state index is 12.6. The number of nitrogens with one attached hydrogen (secondary N) is 2. The number of halogens is 2. The third-order valence-electron chi connectivity index (χ3n) is 3.97. The minimum atomic E-state index is -0.757. The molecular weight excluding hydrogens is 385 g/mol. The van der Waals surface area contributed by atoms with Crippen LogP contribution >= 0.6 is 23.2 Å². The smallest absolute Gasteiger partial charge is 0.251 e. The molecule has 2 N–H and O–H groups in total. The van der Waals surface area contributed by atoms with Crippen molar-refractivity contribution < 1.29 is 9.59 Å². The maximum atomic E-state index is 12.6. The van der Waals surface area contributed by atoms with Crippen LogP contribution in [0.1, 0.15) is 24.2 Å². The summed E-state index contributed by atoms with van der Waals surface area (Å²) in [5.41, 5.74) is 1.81. The van der Waals surface area contributed by atoms with Crippen LogP contribution in [-0.4, -0.2) is 24.4 Å². The van der Waals surface area contributed by atoms with Crippen LogP contribution in [0, 0.1) is 17.2 Å². The van der Waals surface area contributed by atoms with Crippen LogP contribution in [0.25, 0.3) is 11.1 Å². The van der Waals surface area contributed by atoms with Crippen molar-refractivity contribution >= 4 is 35.0 Å². The number of nitriles is 1. The Bertz CT molecular complexity index is 891. The van der Waals surface area contributed by atoms with Crippen LogP contribution in [-0.2, 0) is 4.79 Å². The molecule has 2 aromatic carbocycles. The second kappa shape index (κ2) is 9.40. The highest BCUT2D eigenvalue weighted by molar-refractivity contribution is 6.36. The van der Waals surface area contributed by atoms with E-state index in [4.69, 9.17) is 28.5 Å². The number of carbonyl (C=O) groups is 2. The van der Waals surface area contributed by atoms with Crippen molar-refractivity contribution in [2.24, 2.45) is 5.92 Å². The molecule has 0 radical (unpaired) electrons. The fraction of sp³-hybridized carbons (Fsp3) is 0.250. The topological polar surface area (TPSA) is 82.0 Å². The molecule has 2 aromatic rings. The summed E-state index contributed by atoms with van der Waals surface area (Å²) in [5.74, 6) is -0.974. The van der Waals surface area contributed by atoms with Crippen LogP contribution in [0.4, 0.5) is 0 Å². The zero-order valence-electron chi connectivity index (χ0n) is 14.9. The molecule has 1 atom stereocenters. The molecule has 0 aliphatic carbocycles. The van der Waals surface area contributed by atoms with Gasteiger partial charge in [-0.1, -0.05) is 61.3 Å². The fourth-order valence-corrected chi connectivity index (χ4v) is 3.07. The highest BCUT2D eigenvalue weighted by Gasteiger charge is 2.24. The van der Waals surface area contributed by atoms with Gasteiger partial charge in [0.2, 0.25) is 5.91 Å². The summed E-state index contributed by atoms with van der Waals surface area (Å²) >= 11 is 12.6. The molecule has 27 heavy (non-hydrogen) atoms. The lowest BCUT2D eigenvalue weighted by Gasteiger charge is -2.21. The minimum absolute atomic E-state index is 0.115. The lowest BCUT2D eigenvalue weighted by molar-refractivity contribution is -0.123. The highest BCUT2D eigenvalue weighted by Crippen LogP contribution is 2.33. The summed E-state index contributed by atoms with van der Waals surface area (Å²) in [6, 6.07) is 13.3. The molecule has 0 aliphatic rings. The van der Waals surface area contributed by atoms with Gasteiger partial charge in [0.05, 0.1) is 6.07 Å². The first kappa shape index (κ1) is 20.8. The van der Waals surface area contributed by atoms with Crippen molar-refractivity contribution in [1.29, 1.82) is 5.26 Å². The van der Waals surface area contributed by atoms with E-state index in [1.807, 2.05) is 38.1 Å². The van der Waals surface area contributed by atoms with Gasteiger partial charge < -0.3 is 10.6 Å². The molecule has 7 heteroatoms. The fourth-order valence-electron chi connectivity index (χ4n) is 2.55. The van der Waals surface area contributed by atoms with E-state index in [-0.39, 0.29) is 12.5 Å². The van der Waals surface area contributed by atoms with Gasteiger partial charge in [-0.25, -0.2) is 0 Å². The second-order valence-corrected chi connectivity index (χ2v) is 7.06. The van der Waals surface area contributed by atoms with Crippen molar-refractivity contribution in [3.8, 4) is 17.2 Å². The summed E-state index contributed by atoms with van der Waals surface area (Å²) in [4.78, 5) is 24.7. The number of nitrogens with zero attached hydrogens (tertiary/aromatic N) is 1. The van der Waals surface area contributed by atoms with Crippen molar-refractivity contribution in [2.45, 2.75) is 19.9 Å². The Kier molecular flexibility index (Phi) is 7.23. The molecule has 0 saturated carbocycles. The van der Waals surface area contributed by atoms with E-state index < -0.39 is 17.9 Å². The van der Waals surface area contributed by atoms with Gasteiger partial charge >= 0.3 is 0 Å². The Morgan fingerprint density at radius 1 is 1.07 bits per heavy atom. The Morgan fingerprint density at radius 2 is 1.74 bits per heavy atom. The summed E-state index contributed by atoms with van der Waals surface area (Å²) in [5, 5.41) is 14.7. The first-order chi connectivity index (χ1) is 12.8. The average molecular weight is 404 g/mol. The van der Waals surface area contributed by atoms with E-state index in [1.54, 1.807) is 24.3 Å². The van der Waals surface area contributed by atoms with E-state index in [0.29, 0.717) is 21.2 Å². The van der Waals surface area contributed by atoms with Crippen molar-refractivity contribution in [3.05, 3.63) is 58.1 Å². The molecule has 0 bridgehead atoms. The molecule has 2 amide bonds. The summed E-state index contributed by atoms with van der Waals surface area (Å²) < 4.78 is 0. The lowest BCUT2D eigenvalue weighted by Crippen LogP contribution is -2.49. The third-order valence-corrected chi connectivity index (χ3v) is 4.62. The van der Waals surface area contributed by atoms with E-state index in [2.05, 4.69) is 10.6 Å². The van der Waals surface area contributed by atoms with Gasteiger partial charge in [-0.15, -0.1) is 0 Å². The lowest BCUT2D eigenvalue weighted by atomic mass is 10.0. The Morgan fingerprint density at radius 3 is 2.33 bits per heavy atom. The Hall–Kier alpha value is -2.55. The largest absolute Gasteiger partial charge is 0.341 e. The SMILES string of the molecule is CC(C)[C@H](NC(=O)c1ccc(-c2ccccc2Cl)c(Cl)c1)C(=O)NCC#N. The molecule has 0 heterocycles. The van der Waals surface area contributed by atoms with Crippen LogP contribution in [0.15, 0.2) is 42.5 Å². The van der Waals surface area contributed by atoms with E-state index in [9.17, 15) is 9.59 Å². The molecule has 0 unspecified atom stereocenters. The number of benzene rings is 2. The van der Waals surface area contributed by atoms with Gasteiger partial charge in [-0.2, -0.15) is 5.26 Å².